The zero-order valence-corrected chi connectivity index (χ0v) is 12.0. The molecule has 0 saturated carbocycles. The highest BCUT2D eigenvalue weighted by Gasteiger charge is 2.08. The van der Waals surface area contributed by atoms with Crippen molar-refractivity contribution >= 4 is 11.6 Å². The van der Waals surface area contributed by atoms with Crippen LogP contribution in [0.4, 0.5) is 5.69 Å². The van der Waals surface area contributed by atoms with Gasteiger partial charge in [0.25, 0.3) is 0 Å². The lowest BCUT2D eigenvalue weighted by Crippen LogP contribution is -2.19. The molecule has 1 aromatic carbocycles. The van der Waals surface area contributed by atoms with Gasteiger partial charge in [0.15, 0.2) is 0 Å². The predicted molar refractivity (Wildman–Crippen MR) is 79.3 cm³/mol. The summed E-state index contributed by atoms with van der Waals surface area (Å²) >= 11 is 0. The Morgan fingerprint density at radius 3 is 2.90 bits per heavy atom. The first-order chi connectivity index (χ1) is 9.56. The summed E-state index contributed by atoms with van der Waals surface area (Å²) in [4.78, 5) is 18.4. The summed E-state index contributed by atoms with van der Waals surface area (Å²) in [5.74, 6) is -0.0603. The predicted octanol–water partition coefficient (Wildman–Crippen LogP) is 2.53. The van der Waals surface area contributed by atoms with Crippen molar-refractivity contribution < 1.29 is 4.79 Å². The summed E-state index contributed by atoms with van der Waals surface area (Å²) in [6, 6.07) is 8.03. The molecule has 0 saturated heterocycles. The molecule has 5 heteroatoms. The molecule has 3 N–H and O–H groups in total. The molecule has 1 aromatic heterocycles. The van der Waals surface area contributed by atoms with Crippen molar-refractivity contribution in [1.82, 2.24) is 15.3 Å². The third-order valence-corrected chi connectivity index (χ3v) is 3.22. The summed E-state index contributed by atoms with van der Waals surface area (Å²) < 4.78 is 0. The van der Waals surface area contributed by atoms with E-state index in [0.717, 1.165) is 22.6 Å². The lowest BCUT2D eigenvalue weighted by atomic mass is 10.1. The first-order valence-electron chi connectivity index (χ1n) is 6.66. The van der Waals surface area contributed by atoms with Gasteiger partial charge in [-0.15, -0.1) is 0 Å². The number of H-pyrrole nitrogens is 1. The Balaban J connectivity index is 2.00. The second-order valence-corrected chi connectivity index (χ2v) is 4.88. The van der Waals surface area contributed by atoms with Gasteiger partial charge < -0.3 is 15.6 Å². The van der Waals surface area contributed by atoms with Gasteiger partial charge in [-0.1, -0.05) is 12.1 Å². The van der Waals surface area contributed by atoms with Crippen molar-refractivity contribution in [2.75, 3.05) is 5.32 Å². The number of aryl methyl sites for hydroxylation is 1. The van der Waals surface area contributed by atoms with Crippen molar-refractivity contribution in [3.05, 3.63) is 47.5 Å². The molecular formula is C15H20N4O. The number of hydrogen-bond acceptors (Lipinski definition) is 3. The Hall–Kier alpha value is -2.14. The second kappa shape index (κ2) is 6.34. The van der Waals surface area contributed by atoms with Gasteiger partial charge >= 0.3 is 0 Å². The maximum atomic E-state index is 11.1. The highest BCUT2D eigenvalue weighted by Crippen LogP contribution is 2.18. The van der Waals surface area contributed by atoms with Crippen LogP contribution in [-0.4, -0.2) is 15.9 Å². The van der Waals surface area contributed by atoms with Crippen LogP contribution in [0.2, 0.25) is 0 Å². The van der Waals surface area contributed by atoms with E-state index in [4.69, 9.17) is 0 Å². The Bertz CT molecular complexity index is 591. The molecule has 0 aliphatic carbocycles. The van der Waals surface area contributed by atoms with Gasteiger partial charge in [0.2, 0.25) is 5.91 Å². The topological polar surface area (TPSA) is 69.8 Å². The Morgan fingerprint density at radius 1 is 1.45 bits per heavy atom. The summed E-state index contributed by atoms with van der Waals surface area (Å²) in [6.07, 6.45) is 1.70. The van der Waals surface area contributed by atoms with Gasteiger partial charge in [-0.2, -0.15) is 0 Å². The molecule has 2 rings (SSSR count). The van der Waals surface area contributed by atoms with Crippen LogP contribution in [0.15, 0.2) is 30.6 Å². The first kappa shape index (κ1) is 14.3. The van der Waals surface area contributed by atoms with Gasteiger partial charge in [0, 0.05) is 30.9 Å². The largest absolute Gasteiger partial charge is 0.348 e. The normalized spacial score (nSPS) is 12.2. The number of nitrogens with zero attached hydrogens (tertiary/aromatic N) is 1. The summed E-state index contributed by atoms with van der Waals surface area (Å²) in [7, 11) is 0. The van der Waals surface area contributed by atoms with Crippen molar-refractivity contribution in [2.45, 2.75) is 33.4 Å². The van der Waals surface area contributed by atoms with Gasteiger partial charge in [0.1, 0.15) is 0 Å². The third-order valence-electron chi connectivity index (χ3n) is 3.22. The van der Waals surface area contributed by atoms with E-state index < -0.39 is 0 Å². The zero-order chi connectivity index (χ0) is 14.5. The number of aromatic amines is 1. The number of carbonyl (C=O) groups excluding carboxylic acids is 1. The molecule has 1 heterocycles. The van der Waals surface area contributed by atoms with Crippen molar-refractivity contribution in [1.29, 1.82) is 0 Å². The second-order valence-electron chi connectivity index (χ2n) is 4.88. The van der Waals surface area contributed by atoms with E-state index in [0.29, 0.717) is 6.54 Å². The first-order valence-corrected chi connectivity index (χ1v) is 6.66. The lowest BCUT2D eigenvalue weighted by Gasteiger charge is -2.15. The fourth-order valence-corrected chi connectivity index (χ4v) is 2.02. The molecule has 0 fully saturated rings. The number of aromatic nitrogens is 2. The summed E-state index contributed by atoms with van der Waals surface area (Å²) in [5, 5.41) is 6.22. The van der Waals surface area contributed by atoms with Gasteiger partial charge in [0.05, 0.1) is 12.0 Å². The Kier molecular flexibility index (Phi) is 4.53. The minimum atomic E-state index is -0.0603. The van der Waals surface area contributed by atoms with Crippen molar-refractivity contribution in [3.63, 3.8) is 0 Å². The van der Waals surface area contributed by atoms with Gasteiger partial charge in [-0.05, 0) is 31.5 Å². The maximum absolute atomic E-state index is 11.1. The van der Waals surface area contributed by atoms with Gasteiger partial charge in [-0.25, -0.2) is 4.98 Å². The molecule has 0 radical (unpaired) electrons. The molecule has 5 nitrogen and oxygen atoms in total. The van der Waals surface area contributed by atoms with Crippen LogP contribution in [0.5, 0.6) is 0 Å². The Morgan fingerprint density at radius 2 is 2.25 bits per heavy atom. The van der Waals surface area contributed by atoms with Crippen LogP contribution in [0.1, 0.15) is 36.8 Å². The number of amides is 1. The van der Waals surface area contributed by atoms with E-state index in [9.17, 15) is 4.79 Å². The smallest absolute Gasteiger partial charge is 0.221 e. The number of carbonyl (C=O) groups is 1. The number of hydrogen-bond donors (Lipinski definition) is 3. The van der Waals surface area contributed by atoms with Crippen LogP contribution in [0.25, 0.3) is 0 Å². The SMILES string of the molecule is CC(=O)Nc1cccc(C(C)NCc2nc[nH]c2C)c1. The lowest BCUT2D eigenvalue weighted by molar-refractivity contribution is -0.114. The molecule has 1 amide bonds. The maximum Gasteiger partial charge on any atom is 0.221 e. The van der Waals surface area contributed by atoms with Crippen molar-refractivity contribution in [2.24, 2.45) is 0 Å². The van der Waals surface area contributed by atoms with Crippen LogP contribution in [0.3, 0.4) is 0 Å². The van der Waals surface area contributed by atoms with E-state index in [1.807, 2.05) is 31.2 Å². The molecule has 0 aliphatic heterocycles. The molecule has 106 valence electrons. The average molecular weight is 272 g/mol. The van der Waals surface area contributed by atoms with Crippen LogP contribution in [0, 0.1) is 6.92 Å². The molecule has 1 unspecified atom stereocenters. The van der Waals surface area contributed by atoms with E-state index in [2.05, 4.69) is 27.5 Å². The molecule has 0 bridgehead atoms. The van der Waals surface area contributed by atoms with E-state index in [1.54, 1.807) is 6.33 Å². The molecule has 2 aromatic rings. The van der Waals surface area contributed by atoms with Crippen LogP contribution >= 0.6 is 0 Å². The van der Waals surface area contributed by atoms with Crippen LogP contribution < -0.4 is 10.6 Å². The number of imidazole rings is 1. The zero-order valence-electron chi connectivity index (χ0n) is 12.0. The number of rotatable bonds is 5. The standard InChI is InChI=1S/C15H20N4O/c1-10(16-8-15-11(2)17-9-18-15)13-5-4-6-14(7-13)19-12(3)20/h4-7,9-10,16H,8H2,1-3H3,(H,17,18)(H,19,20). The summed E-state index contributed by atoms with van der Waals surface area (Å²) in [6.45, 7) is 6.32. The highest BCUT2D eigenvalue weighted by molar-refractivity contribution is 5.88. The number of anilines is 1. The average Bonchev–Trinajstić information content (AvgIpc) is 2.81. The minimum absolute atomic E-state index is 0.0603. The van der Waals surface area contributed by atoms with Crippen LogP contribution in [-0.2, 0) is 11.3 Å². The number of benzene rings is 1. The van der Waals surface area contributed by atoms with E-state index in [1.165, 1.54) is 6.92 Å². The monoisotopic (exact) mass is 272 g/mol. The third kappa shape index (κ3) is 3.68. The minimum Gasteiger partial charge on any atom is -0.348 e. The quantitative estimate of drug-likeness (QED) is 0.783. The molecule has 0 spiro atoms. The summed E-state index contributed by atoms with van der Waals surface area (Å²) in [5.41, 5.74) is 4.05. The van der Waals surface area contributed by atoms with E-state index >= 15 is 0 Å². The van der Waals surface area contributed by atoms with Gasteiger partial charge in [-0.3, -0.25) is 4.79 Å². The van der Waals surface area contributed by atoms with E-state index in [-0.39, 0.29) is 11.9 Å². The highest BCUT2D eigenvalue weighted by atomic mass is 16.1. The Labute approximate surface area is 118 Å². The number of nitrogens with one attached hydrogen (secondary N) is 3. The fraction of sp³-hybridized carbons (Fsp3) is 0.333. The molecular weight excluding hydrogens is 252 g/mol. The molecule has 20 heavy (non-hydrogen) atoms. The molecule has 1 atom stereocenters. The van der Waals surface area contributed by atoms with Crippen molar-refractivity contribution in [3.8, 4) is 0 Å². The fourth-order valence-electron chi connectivity index (χ4n) is 2.02. The molecule has 0 aliphatic rings.